The van der Waals surface area contributed by atoms with E-state index >= 15 is 0 Å². The Labute approximate surface area is 207 Å². The van der Waals surface area contributed by atoms with Gasteiger partial charge in [0.2, 0.25) is 0 Å². The number of likely N-dealkylation sites (N-methyl/N-ethyl adjacent to an activating group) is 1. The Balaban J connectivity index is 1.36. The second-order valence-electron chi connectivity index (χ2n) is 7.91. The van der Waals surface area contributed by atoms with Crippen LogP contribution < -0.4 is 15.4 Å². The first-order valence-electron chi connectivity index (χ1n) is 10.5. The molecule has 2 heterocycles. The number of carbonyl (C=O) groups excluding carboxylic acids is 2. The number of anilines is 1. The van der Waals surface area contributed by atoms with Gasteiger partial charge >= 0.3 is 6.36 Å². The predicted molar refractivity (Wildman–Crippen MR) is 126 cm³/mol. The fourth-order valence-corrected chi connectivity index (χ4v) is 4.80. The van der Waals surface area contributed by atoms with Crippen molar-refractivity contribution in [3.05, 3.63) is 74.7 Å². The number of hydrogen-bond acceptors (Lipinski definition) is 6. The third kappa shape index (κ3) is 6.50. The van der Waals surface area contributed by atoms with Gasteiger partial charge in [-0.15, -0.1) is 24.5 Å². The summed E-state index contributed by atoms with van der Waals surface area (Å²) in [6.07, 6.45) is -4.04. The predicted octanol–water partition coefficient (Wildman–Crippen LogP) is 4.87. The summed E-state index contributed by atoms with van der Waals surface area (Å²) in [7, 11) is 2.04. The van der Waals surface area contributed by atoms with E-state index in [0.717, 1.165) is 42.2 Å². The number of hydrogen-bond donors (Lipinski definition) is 2. The SMILES string of the molecule is CN1CCc2nc(NC(=O)c3cccc(CNC(=O)c4ccc(OC(F)(F)F)c(Cl)c4)c3)sc2C1. The lowest BCUT2D eigenvalue weighted by Gasteiger charge is -2.20. The molecule has 0 saturated carbocycles. The second kappa shape index (κ2) is 10.2. The first-order valence-corrected chi connectivity index (χ1v) is 11.7. The minimum Gasteiger partial charge on any atom is -0.404 e. The maximum atomic E-state index is 12.7. The highest BCUT2D eigenvalue weighted by Gasteiger charge is 2.32. The molecule has 12 heteroatoms. The zero-order valence-electron chi connectivity index (χ0n) is 18.4. The third-order valence-corrected chi connectivity index (χ3v) is 6.50. The minimum atomic E-state index is -4.89. The molecule has 2 aromatic carbocycles. The molecule has 0 atom stereocenters. The number of alkyl halides is 3. The molecule has 0 unspecified atom stereocenters. The van der Waals surface area contributed by atoms with E-state index in [1.54, 1.807) is 24.3 Å². The number of ether oxygens (including phenoxy) is 1. The molecule has 1 aliphatic heterocycles. The summed E-state index contributed by atoms with van der Waals surface area (Å²) in [5.74, 6) is -1.45. The van der Waals surface area contributed by atoms with E-state index in [2.05, 4.69) is 25.3 Å². The normalized spacial score (nSPS) is 13.7. The molecule has 0 aliphatic carbocycles. The zero-order chi connectivity index (χ0) is 25.2. The molecule has 0 fully saturated rings. The number of halogens is 4. The molecule has 7 nitrogen and oxygen atoms in total. The number of nitrogens with one attached hydrogen (secondary N) is 2. The zero-order valence-corrected chi connectivity index (χ0v) is 20.0. The van der Waals surface area contributed by atoms with Crippen LogP contribution in [0, 0.1) is 0 Å². The standard InChI is InChI=1S/C23H20ClF3N4O3S/c1-31-8-7-17-19(12-31)35-22(29-17)30-21(33)14-4-2-3-13(9-14)11-28-20(32)15-5-6-18(16(24)10-15)34-23(25,26)27/h2-6,9-10H,7-8,11-12H2,1H3,(H,28,32)(H,29,30,33). The van der Waals surface area contributed by atoms with Crippen LogP contribution in [0.4, 0.5) is 18.3 Å². The Hall–Kier alpha value is -3.15. The van der Waals surface area contributed by atoms with E-state index in [1.165, 1.54) is 17.4 Å². The molecule has 2 amide bonds. The number of benzene rings is 2. The molecule has 4 rings (SSSR count). The van der Waals surface area contributed by atoms with Gasteiger partial charge in [-0.1, -0.05) is 23.7 Å². The van der Waals surface area contributed by atoms with Crippen molar-refractivity contribution < 1.29 is 27.5 Å². The average Bonchev–Trinajstić information content (AvgIpc) is 3.19. The van der Waals surface area contributed by atoms with Crippen molar-refractivity contribution in [2.45, 2.75) is 25.9 Å². The largest absolute Gasteiger partial charge is 0.573 e. The van der Waals surface area contributed by atoms with E-state index in [1.807, 2.05) is 7.05 Å². The molecular formula is C23H20ClF3N4O3S. The molecule has 0 radical (unpaired) electrons. The quantitative estimate of drug-likeness (QED) is 0.481. The molecule has 184 valence electrons. The first-order chi connectivity index (χ1) is 16.6. The van der Waals surface area contributed by atoms with E-state index in [9.17, 15) is 22.8 Å². The van der Waals surface area contributed by atoms with Crippen LogP contribution in [0.5, 0.6) is 5.75 Å². The van der Waals surface area contributed by atoms with Gasteiger partial charge in [-0.2, -0.15) is 0 Å². The number of carbonyl (C=O) groups is 2. The number of nitrogens with zero attached hydrogens (tertiary/aromatic N) is 2. The van der Waals surface area contributed by atoms with Gasteiger partial charge in [-0.05, 0) is 42.9 Å². The van der Waals surface area contributed by atoms with Crippen LogP contribution in [-0.2, 0) is 19.5 Å². The topological polar surface area (TPSA) is 83.6 Å². The summed E-state index contributed by atoms with van der Waals surface area (Å²) in [6.45, 7) is 1.83. The molecule has 0 saturated heterocycles. The highest BCUT2D eigenvalue weighted by atomic mass is 35.5. The Kier molecular flexibility index (Phi) is 7.29. The van der Waals surface area contributed by atoms with Crippen LogP contribution in [0.1, 0.15) is 36.9 Å². The third-order valence-electron chi connectivity index (χ3n) is 5.20. The lowest BCUT2D eigenvalue weighted by atomic mass is 10.1. The lowest BCUT2D eigenvalue weighted by molar-refractivity contribution is -0.274. The van der Waals surface area contributed by atoms with Crippen molar-refractivity contribution in [3.8, 4) is 5.75 Å². The van der Waals surface area contributed by atoms with Gasteiger partial charge in [0, 0.05) is 42.1 Å². The van der Waals surface area contributed by atoms with Crippen molar-refractivity contribution in [3.63, 3.8) is 0 Å². The van der Waals surface area contributed by atoms with Crippen LogP contribution in [0.25, 0.3) is 0 Å². The van der Waals surface area contributed by atoms with Gasteiger partial charge in [0.25, 0.3) is 11.8 Å². The van der Waals surface area contributed by atoms with Crippen molar-refractivity contribution in [1.29, 1.82) is 0 Å². The molecule has 2 N–H and O–H groups in total. The van der Waals surface area contributed by atoms with Crippen LogP contribution in [-0.4, -0.2) is 41.7 Å². The summed E-state index contributed by atoms with van der Waals surface area (Å²) in [5, 5.41) is 5.69. The highest BCUT2D eigenvalue weighted by Crippen LogP contribution is 2.31. The second-order valence-corrected chi connectivity index (χ2v) is 9.40. The van der Waals surface area contributed by atoms with Crippen LogP contribution in [0.3, 0.4) is 0 Å². The Morgan fingerprint density at radius 1 is 1.17 bits per heavy atom. The molecule has 35 heavy (non-hydrogen) atoms. The fraction of sp³-hybridized carbons (Fsp3) is 0.261. The van der Waals surface area contributed by atoms with Crippen molar-refractivity contribution in [1.82, 2.24) is 15.2 Å². The molecule has 0 spiro atoms. The summed E-state index contributed by atoms with van der Waals surface area (Å²) in [5.41, 5.74) is 2.14. The van der Waals surface area contributed by atoms with Crippen LogP contribution in [0.15, 0.2) is 42.5 Å². The Morgan fingerprint density at radius 3 is 2.69 bits per heavy atom. The lowest BCUT2D eigenvalue weighted by Crippen LogP contribution is -2.25. The average molecular weight is 525 g/mol. The van der Waals surface area contributed by atoms with Gasteiger partial charge in [0.15, 0.2) is 5.13 Å². The summed E-state index contributed by atoms with van der Waals surface area (Å²) < 4.78 is 40.9. The van der Waals surface area contributed by atoms with Crippen LogP contribution >= 0.6 is 22.9 Å². The van der Waals surface area contributed by atoms with E-state index < -0.39 is 18.0 Å². The summed E-state index contributed by atoms with van der Waals surface area (Å²) in [6, 6.07) is 9.97. The summed E-state index contributed by atoms with van der Waals surface area (Å²) >= 11 is 7.26. The Morgan fingerprint density at radius 2 is 1.94 bits per heavy atom. The van der Waals surface area contributed by atoms with E-state index in [-0.39, 0.29) is 23.0 Å². The smallest absolute Gasteiger partial charge is 0.404 e. The molecular weight excluding hydrogens is 505 g/mol. The first kappa shape index (κ1) is 25.0. The molecule has 0 bridgehead atoms. The molecule has 1 aromatic heterocycles. The summed E-state index contributed by atoms with van der Waals surface area (Å²) in [4.78, 5) is 33.0. The number of thiazole rings is 1. The minimum absolute atomic E-state index is 0.0665. The molecule has 3 aromatic rings. The maximum absolute atomic E-state index is 12.7. The van der Waals surface area contributed by atoms with Crippen LogP contribution in [0.2, 0.25) is 5.02 Å². The van der Waals surface area contributed by atoms with Gasteiger partial charge < -0.3 is 15.0 Å². The van der Waals surface area contributed by atoms with E-state index in [0.29, 0.717) is 16.3 Å². The number of rotatable bonds is 6. The van der Waals surface area contributed by atoms with Gasteiger partial charge in [0.05, 0.1) is 10.7 Å². The highest BCUT2D eigenvalue weighted by molar-refractivity contribution is 7.15. The van der Waals surface area contributed by atoms with Crippen molar-refractivity contribution in [2.24, 2.45) is 0 Å². The van der Waals surface area contributed by atoms with Gasteiger partial charge in [-0.25, -0.2) is 4.98 Å². The maximum Gasteiger partial charge on any atom is 0.573 e. The van der Waals surface area contributed by atoms with Crippen molar-refractivity contribution >= 4 is 39.9 Å². The van der Waals surface area contributed by atoms with Gasteiger partial charge in [0.1, 0.15) is 5.75 Å². The van der Waals surface area contributed by atoms with Crippen molar-refractivity contribution in [2.75, 3.05) is 18.9 Å². The van der Waals surface area contributed by atoms with Gasteiger partial charge in [-0.3, -0.25) is 14.9 Å². The Bertz CT molecular complexity index is 1270. The van der Waals surface area contributed by atoms with E-state index in [4.69, 9.17) is 11.6 Å². The number of aromatic nitrogens is 1. The number of fused-ring (bicyclic) bond motifs is 1. The molecule has 1 aliphatic rings. The monoisotopic (exact) mass is 524 g/mol. The number of amides is 2. The fourth-order valence-electron chi connectivity index (χ4n) is 3.50.